The van der Waals surface area contributed by atoms with Gasteiger partial charge in [-0.1, -0.05) is 35.4 Å². The second-order valence-electron chi connectivity index (χ2n) is 6.40. The number of benzene rings is 1. The van der Waals surface area contributed by atoms with Gasteiger partial charge in [-0.05, 0) is 36.6 Å². The highest BCUT2D eigenvalue weighted by molar-refractivity contribution is 6.31. The van der Waals surface area contributed by atoms with Crippen LogP contribution >= 0.6 is 11.6 Å². The van der Waals surface area contributed by atoms with E-state index in [1.165, 1.54) is 12.1 Å². The van der Waals surface area contributed by atoms with Gasteiger partial charge in [0, 0.05) is 23.3 Å². The van der Waals surface area contributed by atoms with Crippen molar-refractivity contribution >= 4 is 23.3 Å². The van der Waals surface area contributed by atoms with Gasteiger partial charge in [-0.25, -0.2) is 4.39 Å². The average molecular weight is 347 g/mol. The summed E-state index contributed by atoms with van der Waals surface area (Å²) in [7, 11) is 0. The van der Waals surface area contributed by atoms with Crippen LogP contribution in [0.15, 0.2) is 47.0 Å². The number of nitrogens with one attached hydrogen (secondary N) is 1. The molecule has 2 heterocycles. The number of allylic oxidation sites excluding steroid dienone is 3. The lowest BCUT2D eigenvalue weighted by Gasteiger charge is -2.48. The Bertz CT molecular complexity index is 817. The monoisotopic (exact) mass is 346 g/mol. The smallest absolute Gasteiger partial charge is 0.321 e. The molecule has 2 unspecified atom stereocenters. The maximum Gasteiger partial charge on any atom is 0.321 e. The van der Waals surface area contributed by atoms with Crippen LogP contribution in [0.1, 0.15) is 24.4 Å². The maximum absolute atomic E-state index is 13.5. The minimum absolute atomic E-state index is 0.299. The van der Waals surface area contributed by atoms with E-state index in [4.69, 9.17) is 11.6 Å². The average Bonchev–Trinajstić information content (AvgIpc) is 2.97. The molecule has 6 heteroatoms. The predicted molar refractivity (Wildman–Crippen MR) is 89.9 cm³/mol. The second kappa shape index (κ2) is 5.53. The fourth-order valence-corrected chi connectivity index (χ4v) is 4.43. The van der Waals surface area contributed by atoms with E-state index in [1.54, 1.807) is 6.07 Å². The van der Waals surface area contributed by atoms with Crippen LogP contribution in [0.4, 0.5) is 4.39 Å². The van der Waals surface area contributed by atoms with Crippen LogP contribution in [0.2, 0.25) is 5.02 Å². The molecule has 1 fully saturated rings. The zero-order valence-electron chi connectivity index (χ0n) is 12.8. The molecule has 0 aromatic heterocycles. The van der Waals surface area contributed by atoms with Gasteiger partial charge in [0.15, 0.2) is 0 Å². The molecule has 4 nitrogen and oxygen atoms in total. The number of aliphatic imine (C=N–C) groups is 1. The van der Waals surface area contributed by atoms with Crippen molar-refractivity contribution in [2.24, 2.45) is 10.4 Å². The Morgan fingerprint density at radius 1 is 1.46 bits per heavy atom. The number of nitrogens with zero attached hydrogens (tertiary/aromatic N) is 1. The van der Waals surface area contributed by atoms with Crippen LogP contribution in [0.5, 0.6) is 0 Å². The maximum atomic E-state index is 13.5. The minimum Gasteiger partial charge on any atom is -0.480 e. The van der Waals surface area contributed by atoms with E-state index in [2.05, 4.69) is 10.3 Å². The number of carboxylic acid groups (broad SMARTS) is 1. The molecule has 2 N–H and O–H groups in total. The highest BCUT2D eigenvalue weighted by Crippen LogP contribution is 2.54. The van der Waals surface area contributed by atoms with Gasteiger partial charge in [-0.2, -0.15) is 0 Å². The first kappa shape index (κ1) is 15.5. The van der Waals surface area contributed by atoms with Gasteiger partial charge in [0.05, 0.1) is 5.41 Å². The van der Waals surface area contributed by atoms with Gasteiger partial charge in [-0.3, -0.25) is 15.1 Å². The molecule has 24 heavy (non-hydrogen) atoms. The Hall–Kier alpha value is -1.98. The molecule has 1 aromatic carbocycles. The zero-order valence-corrected chi connectivity index (χ0v) is 13.6. The molecule has 1 saturated heterocycles. The Kier molecular flexibility index (Phi) is 3.58. The highest BCUT2D eigenvalue weighted by Gasteiger charge is 2.53. The van der Waals surface area contributed by atoms with Crippen LogP contribution in [-0.2, 0) is 4.79 Å². The van der Waals surface area contributed by atoms with E-state index in [9.17, 15) is 14.3 Å². The predicted octanol–water partition coefficient (Wildman–Crippen LogP) is 3.29. The number of halogens is 2. The van der Waals surface area contributed by atoms with Crippen molar-refractivity contribution in [3.05, 3.63) is 58.4 Å². The van der Waals surface area contributed by atoms with Gasteiger partial charge >= 0.3 is 5.97 Å². The van der Waals surface area contributed by atoms with Crippen molar-refractivity contribution < 1.29 is 14.3 Å². The Morgan fingerprint density at radius 2 is 2.29 bits per heavy atom. The molecule has 0 amide bonds. The second-order valence-corrected chi connectivity index (χ2v) is 6.81. The van der Waals surface area contributed by atoms with Gasteiger partial charge in [0.1, 0.15) is 11.9 Å². The fraction of sp³-hybridized carbons (Fsp3) is 0.333. The number of rotatable bonds is 2. The summed E-state index contributed by atoms with van der Waals surface area (Å²) >= 11 is 6.30. The quantitative estimate of drug-likeness (QED) is 0.863. The molecule has 0 radical (unpaired) electrons. The van der Waals surface area contributed by atoms with Gasteiger partial charge in [-0.15, -0.1) is 0 Å². The van der Waals surface area contributed by atoms with E-state index >= 15 is 0 Å². The van der Waals surface area contributed by atoms with Crippen molar-refractivity contribution in [3.8, 4) is 0 Å². The lowest BCUT2D eigenvalue weighted by Crippen LogP contribution is -2.55. The third-order valence-corrected chi connectivity index (χ3v) is 5.55. The summed E-state index contributed by atoms with van der Waals surface area (Å²) in [6.45, 7) is 0.686. The largest absolute Gasteiger partial charge is 0.480 e. The summed E-state index contributed by atoms with van der Waals surface area (Å²) in [6, 6.07) is 3.21. The summed E-state index contributed by atoms with van der Waals surface area (Å²) in [5.41, 5.74) is 2.31. The number of hydrogen-bond acceptors (Lipinski definition) is 3. The van der Waals surface area contributed by atoms with E-state index in [-0.39, 0.29) is 6.04 Å². The molecule has 0 bridgehead atoms. The molecule has 3 aliphatic rings. The molecular weight excluding hydrogens is 331 g/mol. The van der Waals surface area contributed by atoms with E-state index in [1.807, 2.05) is 18.2 Å². The Labute approximate surface area is 143 Å². The van der Waals surface area contributed by atoms with Crippen molar-refractivity contribution in [1.82, 2.24) is 5.32 Å². The number of hydrogen-bond donors (Lipinski definition) is 2. The SMILES string of the molecule is O=C(O)[C@@H]1CC2=CC=CC3=NCCC23C(c2ccc(F)cc2Cl)N1. The van der Waals surface area contributed by atoms with E-state index in [0.717, 1.165) is 17.7 Å². The lowest BCUT2D eigenvalue weighted by atomic mass is 9.61. The Balaban J connectivity index is 1.88. The summed E-state index contributed by atoms with van der Waals surface area (Å²) in [6.07, 6.45) is 7.10. The molecule has 124 valence electrons. The third kappa shape index (κ3) is 2.15. The molecule has 1 aromatic rings. The van der Waals surface area contributed by atoms with Crippen LogP contribution in [0.25, 0.3) is 0 Å². The first-order chi connectivity index (χ1) is 11.5. The number of carbonyl (C=O) groups is 1. The topological polar surface area (TPSA) is 61.7 Å². The van der Waals surface area contributed by atoms with Crippen molar-refractivity contribution in [1.29, 1.82) is 0 Å². The van der Waals surface area contributed by atoms with Gasteiger partial charge < -0.3 is 5.11 Å². The summed E-state index contributed by atoms with van der Waals surface area (Å²) in [5, 5.41) is 13.0. The standard InChI is InChI=1S/C18H16ClFN2O2/c19-13-9-11(20)4-5-12(13)16-18-6-7-21-15(18)3-1-2-10(18)8-14(22-16)17(23)24/h1-5,9,14,16,22H,6-8H2,(H,23,24)/t14-,16?,18?/m0/s1. The number of aliphatic carboxylic acids is 1. The normalized spacial score (nSPS) is 31.1. The van der Waals surface area contributed by atoms with Crippen LogP contribution in [0.3, 0.4) is 0 Å². The molecule has 3 atom stereocenters. The first-order valence-corrected chi connectivity index (χ1v) is 8.26. The third-order valence-electron chi connectivity index (χ3n) is 5.23. The minimum atomic E-state index is -0.903. The number of carboxylic acids is 1. The lowest BCUT2D eigenvalue weighted by molar-refractivity contribution is -0.140. The Morgan fingerprint density at radius 3 is 3.04 bits per heavy atom. The molecule has 1 aliphatic carbocycles. The molecule has 0 saturated carbocycles. The van der Waals surface area contributed by atoms with Gasteiger partial charge in [0.25, 0.3) is 0 Å². The number of piperidine rings is 1. The van der Waals surface area contributed by atoms with Crippen LogP contribution in [0, 0.1) is 11.2 Å². The first-order valence-electron chi connectivity index (χ1n) is 7.89. The molecule has 1 spiro atoms. The highest BCUT2D eigenvalue weighted by atomic mass is 35.5. The summed E-state index contributed by atoms with van der Waals surface area (Å²) in [5.74, 6) is -1.31. The van der Waals surface area contributed by atoms with E-state index in [0.29, 0.717) is 23.6 Å². The van der Waals surface area contributed by atoms with E-state index < -0.39 is 23.2 Å². The van der Waals surface area contributed by atoms with Crippen molar-refractivity contribution in [2.75, 3.05) is 6.54 Å². The van der Waals surface area contributed by atoms with Crippen molar-refractivity contribution in [3.63, 3.8) is 0 Å². The van der Waals surface area contributed by atoms with Crippen LogP contribution in [-0.4, -0.2) is 29.4 Å². The van der Waals surface area contributed by atoms with Crippen LogP contribution < -0.4 is 5.32 Å². The van der Waals surface area contributed by atoms with Gasteiger partial charge in [0.2, 0.25) is 0 Å². The van der Waals surface area contributed by atoms with Crippen molar-refractivity contribution in [2.45, 2.75) is 24.9 Å². The zero-order chi connectivity index (χ0) is 16.9. The fourth-order valence-electron chi connectivity index (χ4n) is 4.15. The molecule has 2 aliphatic heterocycles. The molecular formula is C18H16ClFN2O2. The summed E-state index contributed by atoms with van der Waals surface area (Å²) in [4.78, 5) is 16.2. The molecule has 4 rings (SSSR count). The summed E-state index contributed by atoms with van der Waals surface area (Å²) < 4.78 is 13.5.